The smallest absolute Gasteiger partial charge is 0.335 e. The molecule has 4 aromatic rings. The molecule has 0 aliphatic heterocycles. The second kappa shape index (κ2) is 8.54. The summed E-state index contributed by atoms with van der Waals surface area (Å²) in [5, 5.41) is 13.1. The molecule has 0 bridgehead atoms. The quantitative estimate of drug-likeness (QED) is 0.359. The van der Waals surface area contributed by atoms with Crippen molar-refractivity contribution in [3.05, 3.63) is 102 Å². The molecule has 0 saturated heterocycles. The highest BCUT2D eigenvalue weighted by atomic mass is 16.4. The van der Waals surface area contributed by atoms with Crippen LogP contribution in [0.2, 0.25) is 0 Å². The maximum Gasteiger partial charge on any atom is 0.335 e. The third-order valence-electron chi connectivity index (χ3n) is 4.75. The topological polar surface area (TPSA) is 96.8 Å². The lowest BCUT2D eigenvalue weighted by molar-refractivity contribution is 0.0696. The lowest BCUT2D eigenvalue weighted by Gasteiger charge is -2.08. The highest BCUT2D eigenvalue weighted by Crippen LogP contribution is 2.26. The van der Waals surface area contributed by atoms with E-state index in [4.69, 9.17) is 9.52 Å². The molecular weight excluding hydrogens is 394 g/mol. The average Bonchev–Trinajstić information content (AvgIpc) is 3.46. The van der Waals surface area contributed by atoms with Gasteiger partial charge < -0.3 is 14.1 Å². The summed E-state index contributed by atoms with van der Waals surface area (Å²) in [6, 6.07) is 19.3. The van der Waals surface area contributed by atoms with E-state index >= 15 is 0 Å². The number of hydrogen-bond acceptors (Lipinski definition) is 4. The van der Waals surface area contributed by atoms with Crippen molar-refractivity contribution in [2.24, 2.45) is 5.10 Å². The molecule has 0 aliphatic carbocycles. The van der Waals surface area contributed by atoms with Gasteiger partial charge >= 0.3 is 5.97 Å². The number of hydrogen-bond donors (Lipinski definition) is 2. The van der Waals surface area contributed by atoms with Crippen LogP contribution in [0.1, 0.15) is 32.0 Å². The first kappa shape index (κ1) is 19.9. The molecule has 0 spiro atoms. The molecule has 2 heterocycles. The number of furan rings is 1. The third kappa shape index (κ3) is 4.30. The van der Waals surface area contributed by atoms with E-state index in [0.717, 1.165) is 16.8 Å². The Balaban J connectivity index is 1.47. The number of carboxylic acid groups (broad SMARTS) is 1. The first-order valence-corrected chi connectivity index (χ1v) is 9.53. The first-order chi connectivity index (χ1) is 15.0. The van der Waals surface area contributed by atoms with Crippen molar-refractivity contribution in [3.8, 4) is 17.0 Å². The fourth-order valence-corrected chi connectivity index (χ4v) is 3.24. The molecule has 31 heavy (non-hydrogen) atoms. The van der Waals surface area contributed by atoms with Crippen LogP contribution in [0.5, 0.6) is 0 Å². The Morgan fingerprint density at radius 1 is 1.03 bits per heavy atom. The number of rotatable bonds is 6. The van der Waals surface area contributed by atoms with Gasteiger partial charge in [-0.25, -0.2) is 10.2 Å². The highest BCUT2D eigenvalue weighted by Gasteiger charge is 2.12. The molecule has 2 aromatic heterocycles. The van der Waals surface area contributed by atoms with Crippen LogP contribution in [0, 0.1) is 6.92 Å². The molecule has 0 atom stereocenters. The van der Waals surface area contributed by atoms with Crippen LogP contribution in [0.15, 0.2) is 88.6 Å². The Labute approximate surface area is 178 Å². The van der Waals surface area contributed by atoms with Gasteiger partial charge in [-0.05, 0) is 61.0 Å². The van der Waals surface area contributed by atoms with Crippen LogP contribution >= 0.6 is 0 Å². The summed E-state index contributed by atoms with van der Waals surface area (Å²) in [5.74, 6) is -0.278. The van der Waals surface area contributed by atoms with Crippen LogP contribution in [0.25, 0.3) is 17.0 Å². The molecule has 4 rings (SSSR count). The summed E-state index contributed by atoms with van der Waals surface area (Å²) < 4.78 is 7.63. The Morgan fingerprint density at radius 2 is 1.81 bits per heavy atom. The molecule has 0 saturated carbocycles. The molecule has 1 amide bonds. The SMILES string of the molecule is Cc1cc(C(=O)O)ccc1-c1ccc(/C=N/NC(=O)c2ccccc2-n2cccc2)o1. The van der Waals surface area contributed by atoms with E-state index in [1.807, 2.05) is 48.1 Å². The van der Waals surface area contributed by atoms with E-state index in [-0.39, 0.29) is 11.5 Å². The minimum Gasteiger partial charge on any atom is -0.478 e. The summed E-state index contributed by atoms with van der Waals surface area (Å²) in [6.45, 7) is 1.82. The fraction of sp³-hybridized carbons (Fsp3) is 0.0417. The first-order valence-electron chi connectivity index (χ1n) is 9.53. The Kier molecular flexibility index (Phi) is 5.49. The number of para-hydroxylation sites is 1. The van der Waals surface area contributed by atoms with Crippen molar-refractivity contribution in [1.82, 2.24) is 9.99 Å². The van der Waals surface area contributed by atoms with Crippen molar-refractivity contribution < 1.29 is 19.1 Å². The monoisotopic (exact) mass is 413 g/mol. The predicted molar refractivity (Wildman–Crippen MR) is 117 cm³/mol. The van der Waals surface area contributed by atoms with E-state index in [2.05, 4.69) is 10.5 Å². The van der Waals surface area contributed by atoms with Crippen molar-refractivity contribution in [2.75, 3.05) is 0 Å². The van der Waals surface area contributed by atoms with Crippen molar-refractivity contribution in [1.29, 1.82) is 0 Å². The molecular formula is C24H19N3O4. The van der Waals surface area contributed by atoms with Gasteiger partial charge in [-0.1, -0.05) is 18.2 Å². The average molecular weight is 413 g/mol. The van der Waals surface area contributed by atoms with Gasteiger partial charge in [0.15, 0.2) is 0 Å². The number of aromatic nitrogens is 1. The summed E-state index contributed by atoms with van der Waals surface area (Å²) >= 11 is 0. The van der Waals surface area contributed by atoms with Gasteiger partial charge in [0.2, 0.25) is 0 Å². The molecule has 2 N–H and O–H groups in total. The van der Waals surface area contributed by atoms with Crippen molar-refractivity contribution in [3.63, 3.8) is 0 Å². The lowest BCUT2D eigenvalue weighted by Crippen LogP contribution is -2.19. The number of aryl methyl sites for hydroxylation is 1. The van der Waals surface area contributed by atoms with E-state index in [1.165, 1.54) is 12.3 Å². The van der Waals surface area contributed by atoms with Crippen LogP contribution in [-0.2, 0) is 0 Å². The summed E-state index contributed by atoms with van der Waals surface area (Å²) in [4.78, 5) is 23.7. The molecule has 0 unspecified atom stereocenters. The second-order valence-electron chi connectivity index (χ2n) is 6.84. The Morgan fingerprint density at radius 3 is 2.55 bits per heavy atom. The minimum absolute atomic E-state index is 0.220. The fourth-order valence-electron chi connectivity index (χ4n) is 3.24. The number of carbonyl (C=O) groups is 2. The number of nitrogens with one attached hydrogen (secondary N) is 1. The number of amides is 1. The maximum atomic E-state index is 12.6. The van der Waals surface area contributed by atoms with Crippen LogP contribution in [0.4, 0.5) is 0 Å². The zero-order valence-corrected chi connectivity index (χ0v) is 16.6. The summed E-state index contributed by atoms with van der Waals surface area (Å²) in [5.41, 5.74) is 5.55. The zero-order valence-electron chi connectivity index (χ0n) is 16.6. The van der Waals surface area contributed by atoms with Gasteiger partial charge in [0, 0.05) is 18.0 Å². The van der Waals surface area contributed by atoms with E-state index in [0.29, 0.717) is 17.1 Å². The maximum absolute atomic E-state index is 12.6. The summed E-state index contributed by atoms with van der Waals surface area (Å²) in [6.07, 6.45) is 5.15. The molecule has 154 valence electrons. The van der Waals surface area contributed by atoms with Gasteiger partial charge in [-0.3, -0.25) is 4.79 Å². The summed E-state index contributed by atoms with van der Waals surface area (Å²) in [7, 11) is 0. The molecule has 0 radical (unpaired) electrons. The molecule has 0 fully saturated rings. The van der Waals surface area contributed by atoms with E-state index < -0.39 is 5.97 Å². The standard InChI is InChI=1S/C24H19N3O4/c1-16-14-17(24(29)30)8-10-19(16)22-11-9-18(31-22)15-25-26-23(28)20-6-2-3-7-21(20)27-12-4-5-13-27/h2-15H,1H3,(H,26,28)(H,29,30)/b25-15+. The van der Waals surface area contributed by atoms with E-state index in [9.17, 15) is 9.59 Å². The molecule has 2 aromatic carbocycles. The highest BCUT2D eigenvalue weighted by molar-refractivity contribution is 5.98. The lowest BCUT2D eigenvalue weighted by atomic mass is 10.0. The number of hydrazone groups is 1. The number of nitrogens with zero attached hydrogens (tertiary/aromatic N) is 2. The third-order valence-corrected chi connectivity index (χ3v) is 4.75. The van der Waals surface area contributed by atoms with Crippen molar-refractivity contribution in [2.45, 2.75) is 6.92 Å². The number of benzene rings is 2. The molecule has 7 nitrogen and oxygen atoms in total. The van der Waals surface area contributed by atoms with Gasteiger partial charge in [0.05, 0.1) is 23.0 Å². The van der Waals surface area contributed by atoms with Gasteiger partial charge in [-0.2, -0.15) is 5.10 Å². The Bertz CT molecular complexity index is 1270. The van der Waals surface area contributed by atoms with Gasteiger partial charge in [0.25, 0.3) is 5.91 Å². The normalized spacial score (nSPS) is 11.0. The van der Waals surface area contributed by atoms with Crippen LogP contribution in [-0.4, -0.2) is 27.8 Å². The predicted octanol–water partition coefficient (Wildman–Crippen LogP) is 4.51. The molecule has 0 aliphatic rings. The number of aromatic carboxylic acids is 1. The van der Waals surface area contributed by atoms with E-state index in [1.54, 1.807) is 36.4 Å². The van der Waals surface area contributed by atoms with Gasteiger partial charge in [0.1, 0.15) is 11.5 Å². The molecule has 7 heteroatoms. The Hall–Kier alpha value is -4.39. The minimum atomic E-state index is -0.976. The van der Waals surface area contributed by atoms with Crippen molar-refractivity contribution >= 4 is 18.1 Å². The second-order valence-corrected chi connectivity index (χ2v) is 6.84. The largest absolute Gasteiger partial charge is 0.478 e. The zero-order chi connectivity index (χ0) is 21.8. The number of carbonyl (C=O) groups excluding carboxylic acids is 1. The van der Waals surface area contributed by atoms with Crippen LogP contribution < -0.4 is 5.43 Å². The number of carboxylic acids is 1. The van der Waals surface area contributed by atoms with Crippen LogP contribution in [0.3, 0.4) is 0 Å². The van der Waals surface area contributed by atoms with Gasteiger partial charge in [-0.15, -0.1) is 0 Å².